The fourth-order valence-corrected chi connectivity index (χ4v) is 2.67. The van der Waals surface area contributed by atoms with Crippen molar-refractivity contribution in [1.82, 2.24) is 4.98 Å². The van der Waals surface area contributed by atoms with Gasteiger partial charge in [-0.15, -0.1) is 6.42 Å². The van der Waals surface area contributed by atoms with Crippen LogP contribution in [-0.4, -0.2) is 4.98 Å². The Bertz CT molecular complexity index is 1010. The van der Waals surface area contributed by atoms with Gasteiger partial charge >= 0.3 is 0 Å². The third kappa shape index (κ3) is 2.39. The van der Waals surface area contributed by atoms with E-state index in [0.29, 0.717) is 5.89 Å². The van der Waals surface area contributed by atoms with Crippen molar-refractivity contribution in [2.75, 3.05) is 0 Å². The fraction of sp³-hybridized carbons (Fsp3) is 0. The van der Waals surface area contributed by atoms with Crippen LogP contribution in [0.15, 0.2) is 77.3 Å². The molecule has 0 N–H and O–H groups in total. The molecule has 3 aromatic carbocycles. The lowest BCUT2D eigenvalue weighted by Gasteiger charge is -2.02. The van der Waals surface area contributed by atoms with Crippen LogP contribution in [0, 0.1) is 12.3 Å². The zero-order valence-corrected chi connectivity index (χ0v) is 12.4. The molecule has 0 spiro atoms. The van der Waals surface area contributed by atoms with E-state index in [9.17, 15) is 0 Å². The highest BCUT2D eigenvalue weighted by molar-refractivity contribution is 5.94. The Kier molecular flexibility index (Phi) is 3.18. The SMILES string of the molecule is C#Cc1ccc(-c2cnc(-c3cccc4ccccc34)o2)cc1. The van der Waals surface area contributed by atoms with Crippen LogP contribution in [0.2, 0.25) is 0 Å². The van der Waals surface area contributed by atoms with Gasteiger partial charge in [-0.3, -0.25) is 0 Å². The molecule has 1 aromatic heterocycles. The fourth-order valence-electron chi connectivity index (χ4n) is 2.67. The van der Waals surface area contributed by atoms with Crippen molar-refractivity contribution >= 4 is 10.8 Å². The first-order chi connectivity index (χ1) is 11.3. The highest BCUT2D eigenvalue weighted by atomic mass is 16.4. The summed E-state index contributed by atoms with van der Waals surface area (Å²) in [5, 5.41) is 2.30. The monoisotopic (exact) mass is 295 g/mol. The molecular weight excluding hydrogens is 282 g/mol. The summed E-state index contributed by atoms with van der Waals surface area (Å²) in [6.07, 6.45) is 7.14. The van der Waals surface area contributed by atoms with E-state index in [-0.39, 0.29) is 0 Å². The predicted octanol–water partition coefficient (Wildman–Crippen LogP) is 5.14. The van der Waals surface area contributed by atoms with Gasteiger partial charge in [-0.2, -0.15) is 0 Å². The lowest BCUT2D eigenvalue weighted by Crippen LogP contribution is -1.80. The largest absolute Gasteiger partial charge is 0.436 e. The minimum atomic E-state index is 0.623. The lowest BCUT2D eigenvalue weighted by atomic mass is 10.0. The second kappa shape index (κ2) is 5.47. The molecule has 0 amide bonds. The normalized spacial score (nSPS) is 10.6. The van der Waals surface area contributed by atoms with Gasteiger partial charge in [0.25, 0.3) is 0 Å². The Hall–Kier alpha value is -3.31. The number of rotatable bonds is 2. The molecule has 2 nitrogen and oxygen atoms in total. The Balaban J connectivity index is 1.79. The quantitative estimate of drug-likeness (QED) is 0.478. The zero-order valence-electron chi connectivity index (χ0n) is 12.4. The van der Waals surface area contributed by atoms with Crippen LogP contribution in [0.1, 0.15) is 5.56 Å². The third-order valence-corrected chi connectivity index (χ3v) is 3.86. The minimum Gasteiger partial charge on any atom is -0.436 e. The van der Waals surface area contributed by atoms with E-state index in [4.69, 9.17) is 10.8 Å². The summed E-state index contributed by atoms with van der Waals surface area (Å²) in [5.41, 5.74) is 2.81. The maximum atomic E-state index is 5.97. The van der Waals surface area contributed by atoms with Crippen LogP contribution in [0.4, 0.5) is 0 Å². The molecule has 0 saturated carbocycles. The van der Waals surface area contributed by atoms with Gasteiger partial charge in [0.15, 0.2) is 5.76 Å². The van der Waals surface area contributed by atoms with E-state index in [2.05, 4.69) is 29.1 Å². The van der Waals surface area contributed by atoms with E-state index in [1.165, 1.54) is 5.39 Å². The number of benzene rings is 3. The van der Waals surface area contributed by atoms with Crippen molar-refractivity contribution < 1.29 is 4.42 Å². The topological polar surface area (TPSA) is 26.0 Å². The second-order valence-electron chi connectivity index (χ2n) is 5.28. The molecule has 0 saturated heterocycles. The summed E-state index contributed by atoms with van der Waals surface area (Å²) < 4.78 is 5.97. The second-order valence-corrected chi connectivity index (χ2v) is 5.28. The van der Waals surface area contributed by atoms with Gasteiger partial charge in [-0.1, -0.05) is 42.3 Å². The molecule has 0 radical (unpaired) electrons. The first-order valence-electron chi connectivity index (χ1n) is 7.36. The number of fused-ring (bicyclic) bond motifs is 1. The average molecular weight is 295 g/mol. The molecule has 0 bridgehead atoms. The predicted molar refractivity (Wildman–Crippen MR) is 92.8 cm³/mol. The highest BCUT2D eigenvalue weighted by Gasteiger charge is 2.11. The van der Waals surface area contributed by atoms with Gasteiger partial charge in [0.05, 0.1) is 6.20 Å². The Morgan fingerprint density at radius 2 is 1.65 bits per heavy atom. The first-order valence-corrected chi connectivity index (χ1v) is 7.36. The Labute approximate surface area is 134 Å². The molecule has 0 aliphatic heterocycles. The van der Waals surface area contributed by atoms with Crippen molar-refractivity contribution in [3.63, 3.8) is 0 Å². The summed E-state index contributed by atoms with van der Waals surface area (Å²) >= 11 is 0. The van der Waals surface area contributed by atoms with Crippen molar-refractivity contribution in [1.29, 1.82) is 0 Å². The number of hydrogen-bond donors (Lipinski definition) is 0. The lowest BCUT2D eigenvalue weighted by molar-refractivity contribution is 0.589. The molecule has 23 heavy (non-hydrogen) atoms. The van der Waals surface area contributed by atoms with Gasteiger partial charge in [-0.05, 0) is 41.1 Å². The van der Waals surface area contributed by atoms with Crippen LogP contribution in [0.25, 0.3) is 33.6 Å². The van der Waals surface area contributed by atoms with Crippen molar-refractivity contribution in [2.24, 2.45) is 0 Å². The standard InChI is InChI=1S/C21H13NO/c1-2-15-10-12-17(13-11-15)20-14-22-21(23-20)19-9-5-7-16-6-3-4-8-18(16)19/h1,3-14H. The number of aromatic nitrogens is 1. The third-order valence-electron chi connectivity index (χ3n) is 3.86. The molecule has 0 unspecified atom stereocenters. The smallest absolute Gasteiger partial charge is 0.227 e. The van der Waals surface area contributed by atoms with Crippen LogP contribution in [0.5, 0.6) is 0 Å². The van der Waals surface area contributed by atoms with E-state index in [1.54, 1.807) is 6.20 Å². The summed E-state index contributed by atoms with van der Waals surface area (Å²) in [5.74, 6) is 3.97. The van der Waals surface area contributed by atoms with Crippen LogP contribution < -0.4 is 0 Å². The van der Waals surface area contributed by atoms with E-state index >= 15 is 0 Å². The Morgan fingerprint density at radius 1 is 0.870 bits per heavy atom. The Morgan fingerprint density at radius 3 is 2.48 bits per heavy atom. The molecule has 4 aromatic rings. The van der Waals surface area contributed by atoms with Crippen molar-refractivity contribution in [3.8, 4) is 35.1 Å². The maximum absolute atomic E-state index is 5.97. The number of nitrogens with zero attached hydrogens (tertiary/aromatic N) is 1. The van der Waals surface area contributed by atoms with Crippen LogP contribution >= 0.6 is 0 Å². The first kappa shape index (κ1) is 13.4. The van der Waals surface area contributed by atoms with Gasteiger partial charge in [-0.25, -0.2) is 4.98 Å². The molecule has 108 valence electrons. The zero-order chi connectivity index (χ0) is 15.6. The molecule has 1 heterocycles. The van der Waals surface area contributed by atoms with Crippen LogP contribution in [-0.2, 0) is 0 Å². The van der Waals surface area contributed by atoms with E-state index < -0.39 is 0 Å². The van der Waals surface area contributed by atoms with Crippen LogP contribution in [0.3, 0.4) is 0 Å². The van der Waals surface area contributed by atoms with Gasteiger partial charge in [0.2, 0.25) is 5.89 Å². The molecule has 0 aliphatic carbocycles. The van der Waals surface area contributed by atoms with Gasteiger partial charge in [0, 0.05) is 16.7 Å². The van der Waals surface area contributed by atoms with E-state index in [0.717, 1.165) is 27.8 Å². The van der Waals surface area contributed by atoms with E-state index in [1.807, 2.05) is 48.5 Å². The summed E-state index contributed by atoms with van der Waals surface area (Å²) in [6.45, 7) is 0. The number of oxazole rings is 1. The summed E-state index contributed by atoms with van der Waals surface area (Å²) in [6, 6.07) is 22.0. The molecule has 0 atom stereocenters. The van der Waals surface area contributed by atoms with Crippen molar-refractivity contribution in [2.45, 2.75) is 0 Å². The molecular formula is C21H13NO. The average Bonchev–Trinajstić information content (AvgIpc) is 3.11. The molecule has 0 aliphatic rings. The summed E-state index contributed by atoms with van der Waals surface area (Å²) in [4.78, 5) is 4.45. The maximum Gasteiger partial charge on any atom is 0.227 e. The number of hydrogen-bond acceptors (Lipinski definition) is 2. The minimum absolute atomic E-state index is 0.623. The number of terminal acetylenes is 1. The highest BCUT2D eigenvalue weighted by Crippen LogP contribution is 2.31. The van der Waals surface area contributed by atoms with Crippen molar-refractivity contribution in [3.05, 3.63) is 78.5 Å². The summed E-state index contributed by atoms with van der Waals surface area (Å²) in [7, 11) is 0. The molecule has 2 heteroatoms. The molecule has 0 fully saturated rings. The van der Waals surface area contributed by atoms with Gasteiger partial charge < -0.3 is 4.42 Å². The molecule has 4 rings (SSSR count). The van der Waals surface area contributed by atoms with Gasteiger partial charge in [0.1, 0.15) is 0 Å².